The van der Waals surface area contributed by atoms with E-state index < -0.39 is 5.92 Å². The Morgan fingerprint density at radius 3 is 2.59 bits per heavy atom. The van der Waals surface area contributed by atoms with Gasteiger partial charge in [0.1, 0.15) is 11.6 Å². The van der Waals surface area contributed by atoms with E-state index in [4.69, 9.17) is 10.5 Å². The van der Waals surface area contributed by atoms with E-state index in [-0.39, 0.29) is 23.3 Å². The van der Waals surface area contributed by atoms with Crippen LogP contribution >= 0.6 is 23.1 Å². The number of nitrogens with one attached hydrogen (secondary N) is 1. The van der Waals surface area contributed by atoms with Gasteiger partial charge in [0.25, 0.3) is 0 Å². The maximum absolute atomic E-state index is 13.4. The van der Waals surface area contributed by atoms with E-state index in [1.165, 1.54) is 28.7 Å². The van der Waals surface area contributed by atoms with Gasteiger partial charge in [0.2, 0.25) is 11.0 Å². The number of anilines is 2. The molecule has 1 atom stereocenters. The predicted octanol–water partition coefficient (Wildman–Crippen LogP) is 5.71. The third kappa shape index (κ3) is 5.85. The van der Waals surface area contributed by atoms with Gasteiger partial charge in [-0.15, -0.1) is 10.2 Å². The SMILES string of the molecule is COc1ccc(NC(=O)CSc2nnc(N3C(N)=C(C#N)C(c4ccc(C(C)C)cc4)C4=C3CCCC4=O)s2)cc1. The van der Waals surface area contributed by atoms with Gasteiger partial charge in [0.15, 0.2) is 10.1 Å². The lowest BCUT2D eigenvalue weighted by Gasteiger charge is -2.38. The number of amides is 1. The molecule has 1 unspecified atom stereocenters. The smallest absolute Gasteiger partial charge is 0.234 e. The third-order valence-electron chi connectivity index (χ3n) is 7.14. The molecule has 41 heavy (non-hydrogen) atoms. The summed E-state index contributed by atoms with van der Waals surface area (Å²) in [6.07, 6.45) is 1.74. The first-order chi connectivity index (χ1) is 19.8. The van der Waals surface area contributed by atoms with E-state index in [0.29, 0.717) is 57.2 Å². The molecular formula is C30H30N6O3S2. The molecule has 5 rings (SSSR count). The average Bonchev–Trinajstić information content (AvgIpc) is 3.44. The summed E-state index contributed by atoms with van der Waals surface area (Å²) in [5.74, 6) is 0.770. The second-order valence-electron chi connectivity index (χ2n) is 10.1. The van der Waals surface area contributed by atoms with Crippen LogP contribution in [0.5, 0.6) is 5.75 Å². The van der Waals surface area contributed by atoms with Crippen molar-refractivity contribution in [1.29, 1.82) is 5.26 Å². The number of benzene rings is 2. The molecule has 3 N–H and O–H groups in total. The average molecular weight is 587 g/mol. The Morgan fingerprint density at radius 2 is 1.93 bits per heavy atom. The summed E-state index contributed by atoms with van der Waals surface area (Å²) in [4.78, 5) is 27.6. The van der Waals surface area contributed by atoms with Crippen molar-refractivity contribution in [2.45, 2.75) is 49.3 Å². The highest BCUT2D eigenvalue weighted by molar-refractivity contribution is 8.01. The fourth-order valence-electron chi connectivity index (χ4n) is 5.06. The topological polar surface area (TPSA) is 134 Å². The summed E-state index contributed by atoms with van der Waals surface area (Å²) in [6, 6.07) is 17.4. The standard InChI is InChI=1S/C30H30N6O3S2/c1-17(2)18-7-9-19(10-8-18)26-22(15-31)28(32)36(23-5-4-6-24(37)27(23)26)29-34-35-30(41-29)40-16-25(38)33-20-11-13-21(39-3)14-12-20/h7-14,17,26H,4-6,16,32H2,1-3H3,(H,33,38). The molecule has 0 saturated carbocycles. The summed E-state index contributed by atoms with van der Waals surface area (Å²) in [7, 11) is 1.59. The van der Waals surface area contributed by atoms with Crippen molar-refractivity contribution in [2.24, 2.45) is 5.73 Å². The van der Waals surface area contributed by atoms with Gasteiger partial charge in [-0.3, -0.25) is 14.5 Å². The van der Waals surface area contributed by atoms with Crippen LogP contribution in [0.2, 0.25) is 0 Å². The van der Waals surface area contributed by atoms with Crippen LogP contribution in [0.1, 0.15) is 56.1 Å². The lowest BCUT2D eigenvalue weighted by Crippen LogP contribution is -2.38. The van der Waals surface area contributed by atoms with Gasteiger partial charge < -0.3 is 15.8 Å². The largest absolute Gasteiger partial charge is 0.497 e. The number of nitriles is 1. The molecule has 0 saturated heterocycles. The minimum atomic E-state index is -0.524. The van der Waals surface area contributed by atoms with Crippen LogP contribution in [0.15, 0.2) is 75.5 Å². The van der Waals surface area contributed by atoms with Crippen molar-refractivity contribution in [3.05, 3.63) is 82.3 Å². The summed E-state index contributed by atoms with van der Waals surface area (Å²) < 4.78 is 5.72. The van der Waals surface area contributed by atoms with E-state index in [1.54, 1.807) is 36.3 Å². The molecule has 0 radical (unpaired) electrons. The zero-order chi connectivity index (χ0) is 29.1. The minimum Gasteiger partial charge on any atom is -0.497 e. The van der Waals surface area contributed by atoms with Crippen LogP contribution in [-0.2, 0) is 9.59 Å². The number of ether oxygens (including phenoxy) is 1. The first-order valence-corrected chi connectivity index (χ1v) is 15.1. The Morgan fingerprint density at radius 1 is 1.20 bits per heavy atom. The zero-order valence-electron chi connectivity index (χ0n) is 23.0. The molecule has 1 aromatic heterocycles. The van der Waals surface area contributed by atoms with Crippen molar-refractivity contribution in [3.63, 3.8) is 0 Å². The van der Waals surface area contributed by atoms with E-state index in [2.05, 4.69) is 35.4 Å². The highest BCUT2D eigenvalue weighted by Crippen LogP contribution is 2.47. The number of ketones is 1. The Hall–Kier alpha value is -4.14. The molecule has 2 aromatic carbocycles. The fraction of sp³-hybridized carbons (Fsp3) is 0.300. The number of methoxy groups -OCH3 is 1. The Balaban J connectivity index is 1.39. The van der Waals surface area contributed by atoms with Crippen LogP contribution in [0.4, 0.5) is 10.8 Å². The van der Waals surface area contributed by atoms with Crippen molar-refractivity contribution in [3.8, 4) is 11.8 Å². The van der Waals surface area contributed by atoms with Gasteiger partial charge in [0.05, 0.1) is 30.4 Å². The van der Waals surface area contributed by atoms with E-state index in [0.717, 1.165) is 11.3 Å². The van der Waals surface area contributed by atoms with Crippen LogP contribution < -0.4 is 20.7 Å². The molecule has 3 aromatic rings. The molecule has 210 valence electrons. The molecule has 1 amide bonds. The maximum Gasteiger partial charge on any atom is 0.234 e. The van der Waals surface area contributed by atoms with Gasteiger partial charge in [-0.25, -0.2) is 0 Å². The van der Waals surface area contributed by atoms with E-state index in [1.807, 2.05) is 24.3 Å². The predicted molar refractivity (Wildman–Crippen MR) is 161 cm³/mol. The number of nitrogens with two attached hydrogens (primary N) is 1. The molecule has 2 heterocycles. The molecule has 11 heteroatoms. The highest BCUT2D eigenvalue weighted by atomic mass is 32.2. The number of carbonyl (C=O) groups excluding carboxylic acids is 2. The number of nitrogens with zero attached hydrogens (tertiary/aromatic N) is 4. The van der Waals surface area contributed by atoms with Crippen LogP contribution in [-0.4, -0.2) is 34.8 Å². The molecule has 1 aliphatic carbocycles. The van der Waals surface area contributed by atoms with Gasteiger partial charge in [-0.05, 0) is 54.2 Å². The maximum atomic E-state index is 13.4. The molecule has 1 aliphatic heterocycles. The van der Waals surface area contributed by atoms with Crippen molar-refractivity contribution in [2.75, 3.05) is 23.1 Å². The molecule has 0 fully saturated rings. The number of hydrogen-bond acceptors (Lipinski definition) is 10. The fourth-order valence-corrected chi connectivity index (χ4v) is 6.74. The number of hydrogen-bond donors (Lipinski definition) is 2. The number of thioether (sulfide) groups is 1. The second kappa shape index (κ2) is 12.2. The quantitative estimate of drug-likeness (QED) is 0.319. The Bertz CT molecular complexity index is 1570. The second-order valence-corrected chi connectivity index (χ2v) is 12.2. The lowest BCUT2D eigenvalue weighted by molar-refractivity contribution is -0.116. The number of allylic oxidation sites excluding steroid dienone is 3. The number of aromatic nitrogens is 2. The summed E-state index contributed by atoms with van der Waals surface area (Å²) in [5, 5.41) is 22.2. The van der Waals surface area contributed by atoms with Gasteiger partial charge in [-0.2, -0.15) is 5.26 Å². The first-order valence-electron chi connectivity index (χ1n) is 13.3. The Labute approximate surface area is 247 Å². The summed E-state index contributed by atoms with van der Waals surface area (Å²) in [5.41, 5.74) is 11.1. The van der Waals surface area contributed by atoms with E-state index >= 15 is 0 Å². The Kier molecular flexibility index (Phi) is 8.42. The van der Waals surface area contributed by atoms with Gasteiger partial charge >= 0.3 is 0 Å². The van der Waals surface area contributed by atoms with Crippen LogP contribution in [0, 0.1) is 11.3 Å². The summed E-state index contributed by atoms with van der Waals surface area (Å²) in [6.45, 7) is 4.25. The number of Topliss-reactive ketones (excluding diaryl/α,β-unsaturated/α-hetero) is 1. The number of carbonyl (C=O) groups is 2. The van der Waals surface area contributed by atoms with Crippen molar-refractivity contribution < 1.29 is 14.3 Å². The number of rotatable bonds is 8. The monoisotopic (exact) mass is 586 g/mol. The zero-order valence-corrected chi connectivity index (χ0v) is 24.6. The van der Waals surface area contributed by atoms with Gasteiger partial charge in [-0.1, -0.05) is 61.2 Å². The summed E-state index contributed by atoms with van der Waals surface area (Å²) >= 11 is 2.52. The molecule has 2 aliphatic rings. The third-order valence-corrected chi connectivity index (χ3v) is 9.18. The van der Waals surface area contributed by atoms with Crippen LogP contribution in [0.3, 0.4) is 0 Å². The molecule has 0 spiro atoms. The molecule has 0 bridgehead atoms. The van der Waals surface area contributed by atoms with Crippen molar-refractivity contribution in [1.82, 2.24) is 10.2 Å². The molecular weight excluding hydrogens is 557 g/mol. The van der Waals surface area contributed by atoms with Crippen molar-refractivity contribution >= 4 is 45.6 Å². The lowest BCUT2D eigenvalue weighted by atomic mass is 9.75. The van der Waals surface area contributed by atoms with E-state index in [9.17, 15) is 14.9 Å². The van der Waals surface area contributed by atoms with Crippen LogP contribution in [0.25, 0.3) is 0 Å². The first kappa shape index (κ1) is 28.4. The van der Waals surface area contributed by atoms with Gasteiger partial charge in [0, 0.05) is 23.4 Å². The molecule has 9 nitrogen and oxygen atoms in total. The highest BCUT2D eigenvalue weighted by Gasteiger charge is 2.41. The minimum absolute atomic E-state index is 0.0174. The normalized spacial score (nSPS) is 17.0.